The van der Waals surface area contributed by atoms with Gasteiger partial charge in [-0.1, -0.05) is 13.3 Å². The Kier molecular flexibility index (Phi) is 5.04. The summed E-state index contributed by atoms with van der Waals surface area (Å²) in [6, 6.07) is -0.421. The molecule has 15 heavy (non-hydrogen) atoms. The van der Waals surface area contributed by atoms with E-state index in [-0.39, 0.29) is 0 Å². The molecule has 1 saturated heterocycles. The molecular weight excluding hydrogens is 214 g/mol. The molecule has 1 rings (SSSR count). The first-order valence-corrected chi connectivity index (χ1v) is 7.23. The van der Waals surface area contributed by atoms with Crippen molar-refractivity contribution >= 4 is 15.8 Å². The first-order chi connectivity index (χ1) is 7.16. The number of nitrogens with one attached hydrogen (secondary N) is 2. The zero-order valence-corrected chi connectivity index (χ0v) is 9.94. The molecule has 0 aromatic heterocycles. The number of amides is 2. The second kappa shape index (κ2) is 6.07. The first kappa shape index (κ1) is 12.4. The smallest absolute Gasteiger partial charge is 0.336 e. The minimum atomic E-state index is -2.28. The average Bonchev–Trinajstić information content (AvgIpc) is 2.18. The van der Waals surface area contributed by atoms with Crippen molar-refractivity contribution in [3.05, 3.63) is 0 Å². The lowest BCUT2D eigenvalue weighted by Gasteiger charge is -2.16. The molecule has 2 N–H and O–H groups in total. The number of carbonyl (C=O) groups excluding carboxylic acids is 1. The molecule has 6 heteroatoms. The summed E-state index contributed by atoms with van der Waals surface area (Å²) in [5.41, 5.74) is 0. The molecule has 0 bridgehead atoms. The quantitative estimate of drug-likeness (QED) is 0.700. The molecule has 2 amide bonds. The van der Waals surface area contributed by atoms with E-state index < -0.39 is 15.8 Å². The average molecular weight is 233 g/mol. The molecule has 0 aromatic carbocycles. The van der Waals surface area contributed by atoms with E-state index >= 15 is 0 Å². The van der Waals surface area contributed by atoms with Gasteiger partial charge in [-0.25, -0.2) is 9.00 Å². The SMILES string of the molecule is CCCCNC(=O)N=S1(=O)CCNCC1. The zero-order chi connectivity index (χ0) is 11.1. The maximum atomic E-state index is 12.0. The van der Waals surface area contributed by atoms with Crippen molar-refractivity contribution in [2.24, 2.45) is 4.36 Å². The van der Waals surface area contributed by atoms with Crippen molar-refractivity contribution in [2.75, 3.05) is 31.1 Å². The van der Waals surface area contributed by atoms with Crippen LogP contribution in [0.1, 0.15) is 19.8 Å². The number of hydrogen-bond acceptors (Lipinski definition) is 3. The molecule has 5 nitrogen and oxygen atoms in total. The summed E-state index contributed by atoms with van der Waals surface area (Å²) in [7, 11) is -2.28. The van der Waals surface area contributed by atoms with Gasteiger partial charge in [-0.3, -0.25) is 0 Å². The predicted octanol–water partition coefficient (Wildman–Crippen LogP) is 0.567. The van der Waals surface area contributed by atoms with Crippen LogP contribution in [-0.2, 0) is 9.73 Å². The molecule has 0 aliphatic carbocycles. The van der Waals surface area contributed by atoms with E-state index in [1.807, 2.05) is 0 Å². The Morgan fingerprint density at radius 3 is 2.73 bits per heavy atom. The molecule has 1 heterocycles. The Labute approximate surface area is 91.2 Å². The Morgan fingerprint density at radius 2 is 2.13 bits per heavy atom. The summed E-state index contributed by atoms with van der Waals surface area (Å²) in [4.78, 5) is 11.3. The number of urea groups is 1. The summed E-state index contributed by atoms with van der Waals surface area (Å²) >= 11 is 0. The maximum Gasteiger partial charge on any atom is 0.349 e. The Balaban J connectivity index is 2.46. The third-order valence-corrected chi connectivity index (χ3v) is 4.43. The fraction of sp³-hybridized carbons (Fsp3) is 0.889. The molecule has 0 spiro atoms. The highest BCUT2D eigenvalue weighted by atomic mass is 32.2. The lowest BCUT2D eigenvalue weighted by atomic mass is 10.3. The maximum absolute atomic E-state index is 12.0. The zero-order valence-electron chi connectivity index (χ0n) is 9.12. The van der Waals surface area contributed by atoms with E-state index in [1.165, 1.54) is 0 Å². The lowest BCUT2D eigenvalue weighted by Crippen LogP contribution is -2.37. The largest absolute Gasteiger partial charge is 0.349 e. The van der Waals surface area contributed by atoms with Gasteiger partial charge in [-0.2, -0.15) is 0 Å². The molecule has 1 fully saturated rings. The predicted molar refractivity (Wildman–Crippen MR) is 61.5 cm³/mol. The van der Waals surface area contributed by atoms with E-state index in [9.17, 15) is 9.00 Å². The number of carbonyl (C=O) groups is 1. The van der Waals surface area contributed by atoms with Crippen LogP contribution in [0, 0.1) is 0 Å². The summed E-state index contributed by atoms with van der Waals surface area (Å²) in [6.45, 7) is 4.04. The van der Waals surface area contributed by atoms with Crippen LogP contribution in [0.2, 0.25) is 0 Å². The van der Waals surface area contributed by atoms with Gasteiger partial charge in [0.25, 0.3) is 0 Å². The summed E-state index contributed by atoms with van der Waals surface area (Å²) in [5, 5.41) is 5.75. The molecule has 0 atom stereocenters. The van der Waals surface area contributed by atoms with Gasteiger partial charge >= 0.3 is 6.03 Å². The Morgan fingerprint density at radius 1 is 1.47 bits per heavy atom. The van der Waals surface area contributed by atoms with Crippen molar-refractivity contribution < 1.29 is 9.00 Å². The van der Waals surface area contributed by atoms with Gasteiger partial charge in [0.2, 0.25) is 0 Å². The second-order valence-electron chi connectivity index (χ2n) is 3.61. The van der Waals surface area contributed by atoms with Crippen LogP contribution in [0.25, 0.3) is 0 Å². The van der Waals surface area contributed by atoms with Gasteiger partial charge in [0.05, 0.1) is 9.73 Å². The number of hydrogen-bond donors (Lipinski definition) is 2. The van der Waals surface area contributed by atoms with Crippen molar-refractivity contribution in [1.29, 1.82) is 0 Å². The van der Waals surface area contributed by atoms with Crippen LogP contribution in [0.5, 0.6) is 0 Å². The molecular formula is C9H19N3O2S. The minimum absolute atomic E-state index is 0.421. The number of rotatable bonds is 3. The van der Waals surface area contributed by atoms with Crippen molar-refractivity contribution in [1.82, 2.24) is 10.6 Å². The highest BCUT2D eigenvalue weighted by Gasteiger charge is 2.15. The van der Waals surface area contributed by atoms with E-state index in [1.54, 1.807) is 0 Å². The molecule has 0 aromatic rings. The van der Waals surface area contributed by atoms with E-state index in [2.05, 4.69) is 21.9 Å². The molecule has 0 radical (unpaired) electrons. The summed E-state index contributed by atoms with van der Waals surface area (Å²) in [5.74, 6) is 0.961. The Bertz CT molecular complexity index is 309. The van der Waals surface area contributed by atoms with Crippen LogP contribution < -0.4 is 10.6 Å². The van der Waals surface area contributed by atoms with E-state index in [0.717, 1.165) is 12.8 Å². The van der Waals surface area contributed by atoms with E-state index in [4.69, 9.17) is 0 Å². The fourth-order valence-corrected chi connectivity index (χ4v) is 3.02. The van der Waals surface area contributed by atoms with Gasteiger partial charge < -0.3 is 10.6 Å². The molecule has 0 unspecified atom stereocenters. The van der Waals surface area contributed by atoms with Crippen LogP contribution in [0.4, 0.5) is 4.79 Å². The molecule has 88 valence electrons. The van der Waals surface area contributed by atoms with Crippen LogP contribution in [0.15, 0.2) is 4.36 Å². The van der Waals surface area contributed by atoms with Gasteiger partial charge in [-0.05, 0) is 6.42 Å². The normalized spacial score (nSPS) is 19.5. The minimum Gasteiger partial charge on any atom is -0.336 e. The number of unbranched alkanes of at least 4 members (excludes halogenated alkanes) is 1. The van der Waals surface area contributed by atoms with Crippen LogP contribution in [-0.4, -0.2) is 41.4 Å². The Hall–Kier alpha value is -0.620. The third-order valence-electron chi connectivity index (χ3n) is 2.25. The summed E-state index contributed by atoms with van der Waals surface area (Å²) in [6.07, 6.45) is 1.96. The third kappa shape index (κ3) is 4.61. The number of nitrogens with zero attached hydrogens (tertiary/aromatic N) is 1. The second-order valence-corrected chi connectivity index (χ2v) is 6.15. The van der Waals surface area contributed by atoms with Crippen molar-refractivity contribution in [3.63, 3.8) is 0 Å². The lowest BCUT2D eigenvalue weighted by molar-refractivity contribution is 0.249. The fourth-order valence-electron chi connectivity index (χ4n) is 1.34. The first-order valence-electron chi connectivity index (χ1n) is 5.37. The van der Waals surface area contributed by atoms with Crippen LogP contribution in [0.3, 0.4) is 0 Å². The van der Waals surface area contributed by atoms with Crippen molar-refractivity contribution in [2.45, 2.75) is 19.8 Å². The summed E-state index contributed by atoms with van der Waals surface area (Å²) < 4.78 is 15.8. The van der Waals surface area contributed by atoms with E-state index in [0.29, 0.717) is 31.1 Å². The molecule has 1 aliphatic heterocycles. The highest BCUT2D eigenvalue weighted by Crippen LogP contribution is 2.00. The monoisotopic (exact) mass is 233 g/mol. The standard InChI is InChI=1S/C9H19N3O2S/c1-2-3-4-11-9(13)12-15(14)7-5-10-6-8-15/h10H,2-8H2,1H3,(H,11,13). The van der Waals surface area contributed by atoms with Gasteiger partial charge in [0.1, 0.15) is 0 Å². The highest BCUT2D eigenvalue weighted by molar-refractivity contribution is 7.94. The van der Waals surface area contributed by atoms with Crippen molar-refractivity contribution in [3.8, 4) is 0 Å². The van der Waals surface area contributed by atoms with Gasteiger partial charge in [0.15, 0.2) is 0 Å². The molecule has 1 aliphatic rings. The van der Waals surface area contributed by atoms with Crippen LogP contribution >= 0.6 is 0 Å². The van der Waals surface area contributed by atoms with Gasteiger partial charge in [-0.15, -0.1) is 4.36 Å². The molecule has 0 saturated carbocycles. The topological polar surface area (TPSA) is 70.6 Å². The van der Waals surface area contributed by atoms with Gasteiger partial charge in [0, 0.05) is 31.1 Å².